The van der Waals surface area contributed by atoms with Crippen molar-refractivity contribution in [3.8, 4) is 5.82 Å². The van der Waals surface area contributed by atoms with Gasteiger partial charge in [0, 0.05) is 38.0 Å². The molecule has 0 aliphatic heterocycles. The topological polar surface area (TPSA) is 60.6 Å². The molecule has 0 aliphatic carbocycles. The predicted octanol–water partition coefficient (Wildman–Crippen LogP) is 2.17. The van der Waals surface area contributed by atoms with Gasteiger partial charge < -0.3 is 9.88 Å². The number of pyridine rings is 1. The van der Waals surface area contributed by atoms with Crippen LogP contribution in [0, 0.1) is 0 Å². The molecule has 0 aliphatic rings. The predicted molar refractivity (Wildman–Crippen MR) is 76.6 cm³/mol. The van der Waals surface area contributed by atoms with Gasteiger partial charge in [0.2, 0.25) is 0 Å². The second kappa shape index (κ2) is 5.16. The van der Waals surface area contributed by atoms with Gasteiger partial charge in [-0.2, -0.15) is 5.10 Å². The molecule has 3 aromatic rings. The minimum atomic E-state index is 0.0773. The van der Waals surface area contributed by atoms with E-state index >= 15 is 0 Å². The second-order valence-corrected chi connectivity index (χ2v) is 4.59. The van der Waals surface area contributed by atoms with E-state index in [1.807, 2.05) is 42.2 Å². The van der Waals surface area contributed by atoms with Gasteiger partial charge in [-0.15, -0.1) is 0 Å². The van der Waals surface area contributed by atoms with Crippen LogP contribution in [0.1, 0.15) is 18.8 Å². The molecule has 1 atom stereocenters. The van der Waals surface area contributed by atoms with E-state index in [9.17, 15) is 0 Å². The van der Waals surface area contributed by atoms with Crippen molar-refractivity contribution in [3.05, 3.63) is 55.0 Å². The van der Waals surface area contributed by atoms with Crippen LogP contribution < -0.4 is 5.32 Å². The minimum Gasteiger partial charge on any atom is -0.372 e. The molecule has 6 nitrogen and oxygen atoms in total. The SMILES string of the molecule is CC(Nc1cccnc1-n1cccn1)c1nccn1C. The van der Waals surface area contributed by atoms with Gasteiger partial charge in [0.15, 0.2) is 5.82 Å². The van der Waals surface area contributed by atoms with E-state index in [4.69, 9.17) is 0 Å². The molecule has 0 amide bonds. The largest absolute Gasteiger partial charge is 0.372 e. The molecule has 6 heteroatoms. The maximum absolute atomic E-state index is 4.39. The van der Waals surface area contributed by atoms with Crippen molar-refractivity contribution in [2.75, 3.05) is 5.32 Å². The Kier molecular flexibility index (Phi) is 3.20. The van der Waals surface area contributed by atoms with Crippen LogP contribution in [0.4, 0.5) is 5.69 Å². The van der Waals surface area contributed by atoms with E-state index in [2.05, 4.69) is 27.3 Å². The standard InChI is InChI=1S/C14H16N6/c1-11(13-16-8-10-19(13)2)18-12-5-3-6-15-14(12)20-9-4-7-17-20/h3-11,18H,1-2H3. The second-order valence-electron chi connectivity index (χ2n) is 4.59. The van der Waals surface area contributed by atoms with Gasteiger partial charge in [0.25, 0.3) is 0 Å². The first kappa shape index (κ1) is 12.4. The first-order chi connectivity index (χ1) is 9.75. The van der Waals surface area contributed by atoms with Gasteiger partial charge in [-0.3, -0.25) is 0 Å². The highest BCUT2D eigenvalue weighted by atomic mass is 15.3. The number of aryl methyl sites for hydroxylation is 1. The van der Waals surface area contributed by atoms with Crippen LogP contribution >= 0.6 is 0 Å². The third-order valence-corrected chi connectivity index (χ3v) is 3.13. The minimum absolute atomic E-state index is 0.0773. The molecule has 0 saturated carbocycles. The summed E-state index contributed by atoms with van der Waals surface area (Å²) in [5.41, 5.74) is 0.923. The molecule has 0 spiro atoms. The van der Waals surface area contributed by atoms with Gasteiger partial charge in [0.05, 0.1) is 11.7 Å². The van der Waals surface area contributed by atoms with Crippen molar-refractivity contribution in [1.29, 1.82) is 0 Å². The third kappa shape index (κ3) is 2.27. The van der Waals surface area contributed by atoms with Gasteiger partial charge >= 0.3 is 0 Å². The number of nitrogens with one attached hydrogen (secondary N) is 1. The lowest BCUT2D eigenvalue weighted by atomic mass is 10.2. The zero-order chi connectivity index (χ0) is 13.9. The average Bonchev–Trinajstić information content (AvgIpc) is 3.10. The molecule has 3 heterocycles. The summed E-state index contributed by atoms with van der Waals surface area (Å²) in [6.45, 7) is 2.07. The summed E-state index contributed by atoms with van der Waals surface area (Å²) in [7, 11) is 1.98. The van der Waals surface area contributed by atoms with Crippen LogP contribution in [0.2, 0.25) is 0 Å². The summed E-state index contributed by atoms with van der Waals surface area (Å²) < 4.78 is 3.75. The van der Waals surface area contributed by atoms with Gasteiger partial charge in [-0.05, 0) is 25.1 Å². The molecule has 0 bridgehead atoms. The number of anilines is 1. The van der Waals surface area contributed by atoms with Gasteiger partial charge in [0.1, 0.15) is 5.82 Å². The van der Waals surface area contributed by atoms with Crippen LogP contribution in [0.3, 0.4) is 0 Å². The Hall–Kier alpha value is -2.63. The van der Waals surface area contributed by atoms with E-state index in [1.54, 1.807) is 23.3 Å². The Bertz CT molecular complexity index is 685. The number of rotatable bonds is 4. The van der Waals surface area contributed by atoms with Crippen molar-refractivity contribution < 1.29 is 0 Å². The third-order valence-electron chi connectivity index (χ3n) is 3.13. The lowest BCUT2D eigenvalue weighted by Crippen LogP contribution is -2.14. The molecule has 0 fully saturated rings. The van der Waals surface area contributed by atoms with E-state index in [1.165, 1.54) is 0 Å². The molecular formula is C14H16N6. The summed E-state index contributed by atoms with van der Waals surface area (Å²) in [4.78, 5) is 8.75. The van der Waals surface area contributed by atoms with Crippen molar-refractivity contribution in [2.24, 2.45) is 7.05 Å². The first-order valence-electron chi connectivity index (χ1n) is 6.44. The highest BCUT2D eigenvalue weighted by Crippen LogP contribution is 2.22. The molecule has 102 valence electrons. The zero-order valence-corrected chi connectivity index (χ0v) is 11.4. The lowest BCUT2D eigenvalue weighted by Gasteiger charge is -2.17. The normalized spacial score (nSPS) is 12.3. The Morgan fingerprint density at radius 3 is 2.70 bits per heavy atom. The van der Waals surface area contributed by atoms with E-state index in [-0.39, 0.29) is 6.04 Å². The molecule has 1 unspecified atom stereocenters. The Morgan fingerprint density at radius 1 is 1.10 bits per heavy atom. The van der Waals surface area contributed by atoms with Crippen molar-refractivity contribution in [1.82, 2.24) is 24.3 Å². The van der Waals surface area contributed by atoms with E-state index < -0.39 is 0 Å². The van der Waals surface area contributed by atoms with Crippen molar-refractivity contribution in [3.63, 3.8) is 0 Å². The fraction of sp³-hybridized carbons (Fsp3) is 0.214. The number of imidazole rings is 1. The molecule has 3 rings (SSSR count). The van der Waals surface area contributed by atoms with Gasteiger partial charge in [-0.25, -0.2) is 14.6 Å². The number of aromatic nitrogens is 5. The average molecular weight is 268 g/mol. The Morgan fingerprint density at radius 2 is 2.00 bits per heavy atom. The monoisotopic (exact) mass is 268 g/mol. The fourth-order valence-electron chi connectivity index (χ4n) is 2.18. The zero-order valence-electron chi connectivity index (χ0n) is 11.4. The highest BCUT2D eigenvalue weighted by Gasteiger charge is 2.13. The molecule has 3 aromatic heterocycles. The molecular weight excluding hydrogens is 252 g/mol. The first-order valence-corrected chi connectivity index (χ1v) is 6.44. The fourth-order valence-corrected chi connectivity index (χ4v) is 2.18. The van der Waals surface area contributed by atoms with Crippen LogP contribution in [0.15, 0.2) is 49.2 Å². The van der Waals surface area contributed by atoms with E-state index in [0.717, 1.165) is 17.3 Å². The summed E-state index contributed by atoms with van der Waals surface area (Å²) in [5, 5.41) is 7.66. The molecule has 0 aromatic carbocycles. The molecule has 0 saturated heterocycles. The van der Waals surface area contributed by atoms with Crippen LogP contribution in [-0.2, 0) is 7.05 Å². The quantitative estimate of drug-likeness (QED) is 0.787. The highest BCUT2D eigenvalue weighted by molar-refractivity contribution is 5.57. The summed E-state index contributed by atoms with van der Waals surface area (Å²) in [6.07, 6.45) is 9.10. The van der Waals surface area contributed by atoms with Crippen molar-refractivity contribution in [2.45, 2.75) is 13.0 Å². The number of nitrogens with zero attached hydrogens (tertiary/aromatic N) is 5. The van der Waals surface area contributed by atoms with Crippen molar-refractivity contribution >= 4 is 5.69 Å². The van der Waals surface area contributed by atoms with Crippen LogP contribution in [-0.4, -0.2) is 24.3 Å². The van der Waals surface area contributed by atoms with Crippen LogP contribution in [0.25, 0.3) is 5.82 Å². The van der Waals surface area contributed by atoms with Crippen LogP contribution in [0.5, 0.6) is 0 Å². The molecule has 1 N–H and O–H groups in total. The van der Waals surface area contributed by atoms with Gasteiger partial charge in [-0.1, -0.05) is 0 Å². The number of hydrogen-bond acceptors (Lipinski definition) is 4. The Labute approximate surface area is 117 Å². The lowest BCUT2D eigenvalue weighted by molar-refractivity contribution is 0.718. The smallest absolute Gasteiger partial charge is 0.176 e. The molecule has 20 heavy (non-hydrogen) atoms. The summed E-state index contributed by atoms with van der Waals surface area (Å²) in [5.74, 6) is 1.75. The maximum Gasteiger partial charge on any atom is 0.176 e. The Balaban J connectivity index is 1.90. The summed E-state index contributed by atoms with van der Waals surface area (Å²) >= 11 is 0. The molecule has 0 radical (unpaired) electrons. The number of hydrogen-bond donors (Lipinski definition) is 1. The summed E-state index contributed by atoms with van der Waals surface area (Å²) in [6, 6.07) is 5.85. The maximum atomic E-state index is 4.39. The van der Waals surface area contributed by atoms with E-state index in [0.29, 0.717) is 0 Å².